The molecule has 2 heteroatoms. The Balaban J connectivity index is 2.61. The molecule has 1 aliphatic carbocycles. The van der Waals surface area contributed by atoms with E-state index in [0.717, 1.165) is 6.42 Å². The van der Waals surface area contributed by atoms with Gasteiger partial charge in [0.25, 0.3) is 0 Å². The molecule has 0 aromatic heterocycles. The Labute approximate surface area is 81.1 Å². The maximum absolute atomic E-state index is 11.6. The Kier molecular flexibility index (Phi) is 3.76. The molecule has 2 unspecified atom stereocenters. The lowest BCUT2D eigenvalue weighted by Crippen LogP contribution is -2.36. The van der Waals surface area contributed by atoms with Crippen LogP contribution in [0.3, 0.4) is 0 Å². The molecule has 2 nitrogen and oxygen atoms in total. The Morgan fingerprint density at radius 2 is 1.92 bits per heavy atom. The van der Waals surface area contributed by atoms with Crippen molar-refractivity contribution in [2.45, 2.75) is 39.5 Å². The molecule has 1 fully saturated rings. The summed E-state index contributed by atoms with van der Waals surface area (Å²) in [6, 6.07) is 0. The minimum Gasteiger partial charge on any atom is -0.359 e. The summed E-state index contributed by atoms with van der Waals surface area (Å²) < 4.78 is 0. The van der Waals surface area contributed by atoms with Gasteiger partial charge in [-0.3, -0.25) is 4.79 Å². The van der Waals surface area contributed by atoms with Crippen LogP contribution in [-0.4, -0.2) is 13.0 Å². The largest absolute Gasteiger partial charge is 0.359 e. The lowest BCUT2D eigenvalue weighted by molar-refractivity contribution is -0.128. The highest BCUT2D eigenvalue weighted by Crippen LogP contribution is 2.34. The van der Waals surface area contributed by atoms with Crippen molar-refractivity contribution >= 4 is 5.91 Å². The quantitative estimate of drug-likeness (QED) is 0.698. The molecule has 0 heterocycles. The minimum absolute atomic E-state index is 0.249. The van der Waals surface area contributed by atoms with Crippen LogP contribution in [0.25, 0.3) is 0 Å². The summed E-state index contributed by atoms with van der Waals surface area (Å²) in [6.45, 7) is 4.46. The van der Waals surface area contributed by atoms with Gasteiger partial charge in [0.2, 0.25) is 5.91 Å². The van der Waals surface area contributed by atoms with Gasteiger partial charge in [-0.2, -0.15) is 0 Å². The Morgan fingerprint density at radius 3 is 2.46 bits per heavy atom. The molecule has 0 radical (unpaired) electrons. The summed E-state index contributed by atoms with van der Waals surface area (Å²) in [6.07, 6.45) is 4.84. The summed E-state index contributed by atoms with van der Waals surface area (Å²) in [5.74, 6) is 1.77. The third-order valence-corrected chi connectivity index (χ3v) is 3.26. The number of hydrogen-bond acceptors (Lipinski definition) is 1. The van der Waals surface area contributed by atoms with E-state index in [-0.39, 0.29) is 11.8 Å². The fourth-order valence-corrected chi connectivity index (χ4v) is 2.47. The van der Waals surface area contributed by atoms with E-state index in [1.165, 1.54) is 19.3 Å². The first kappa shape index (κ1) is 10.6. The van der Waals surface area contributed by atoms with Gasteiger partial charge in [0.15, 0.2) is 0 Å². The summed E-state index contributed by atoms with van der Waals surface area (Å²) in [7, 11) is 1.74. The monoisotopic (exact) mass is 183 g/mol. The predicted molar refractivity (Wildman–Crippen MR) is 54.4 cm³/mol. The van der Waals surface area contributed by atoms with Gasteiger partial charge < -0.3 is 5.32 Å². The molecular weight excluding hydrogens is 162 g/mol. The van der Waals surface area contributed by atoms with Crippen LogP contribution < -0.4 is 5.32 Å². The first-order valence-electron chi connectivity index (χ1n) is 5.38. The van der Waals surface area contributed by atoms with E-state index < -0.39 is 0 Å². The molecule has 1 amide bonds. The molecule has 0 aliphatic heterocycles. The van der Waals surface area contributed by atoms with Crippen molar-refractivity contribution < 1.29 is 4.79 Å². The highest BCUT2D eigenvalue weighted by Gasteiger charge is 2.31. The van der Waals surface area contributed by atoms with Gasteiger partial charge in [-0.05, 0) is 24.7 Å². The van der Waals surface area contributed by atoms with Crippen LogP contribution in [0, 0.1) is 17.8 Å². The summed E-state index contributed by atoms with van der Waals surface area (Å²) in [4.78, 5) is 11.6. The summed E-state index contributed by atoms with van der Waals surface area (Å²) in [5, 5.41) is 2.78. The van der Waals surface area contributed by atoms with Gasteiger partial charge >= 0.3 is 0 Å². The van der Waals surface area contributed by atoms with Crippen molar-refractivity contribution in [2.75, 3.05) is 7.05 Å². The molecule has 1 rings (SSSR count). The van der Waals surface area contributed by atoms with Gasteiger partial charge in [-0.1, -0.05) is 26.7 Å². The van der Waals surface area contributed by atoms with Gasteiger partial charge in [0.1, 0.15) is 0 Å². The standard InChI is InChI=1S/C11H21NO/c1-8(2)9-6-4-5-7-10(9)11(13)12-3/h8-10H,4-7H2,1-3H3,(H,12,13). The van der Waals surface area contributed by atoms with Crippen molar-refractivity contribution in [3.8, 4) is 0 Å². The van der Waals surface area contributed by atoms with E-state index in [1.54, 1.807) is 7.05 Å². The van der Waals surface area contributed by atoms with Gasteiger partial charge in [-0.25, -0.2) is 0 Å². The molecule has 1 aliphatic rings. The van der Waals surface area contributed by atoms with Crippen molar-refractivity contribution in [2.24, 2.45) is 17.8 Å². The maximum atomic E-state index is 11.6. The van der Waals surface area contributed by atoms with Crippen LogP contribution in [0.2, 0.25) is 0 Å². The number of amides is 1. The second-order valence-electron chi connectivity index (χ2n) is 4.41. The van der Waals surface area contributed by atoms with Crippen LogP contribution in [0.5, 0.6) is 0 Å². The molecule has 0 bridgehead atoms. The number of rotatable bonds is 2. The number of hydrogen-bond donors (Lipinski definition) is 1. The highest BCUT2D eigenvalue weighted by molar-refractivity contribution is 5.78. The Hall–Kier alpha value is -0.530. The molecule has 1 N–H and O–H groups in total. The van der Waals surface area contributed by atoms with Crippen LogP contribution in [0.4, 0.5) is 0 Å². The van der Waals surface area contributed by atoms with E-state index in [9.17, 15) is 4.79 Å². The first-order valence-corrected chi connectivity index (χ1v) is 5.38. The zero-order valence-corrected chi connectivity index (χ0v) is 8.97. The lowest BCUT2D eigenvalue weighted by Gasteiger charge is -2.32. The van der Waals surface area contributed by atoms with Gasteiger partial charge in [0.05, 0.1) is 0 Å². The molecular formula is C11H21NO. The van der Waals surface area contributed by atoms with Crippen LogP contribution in [0.1, 0.15) is 39.5 Å². The fourth-order valence-electron chi connectivity index (χ4n) is 2.47. The predicted octanol–water partition coefficient (Wildman–Crippen LogP) is 2.19. The van der Waals surface area contributed by atoms with Crippen molar-refractivity contribution in [1.29, 1.82) is 0 Å². The maximum Gasteiger partial charge on any atom is 0.223 e. The molecule has 76 valence electrons. The van der Waals surface area contributed by atoms with E-state index in [0.29, 0.717) is 11.8 Å². The molecule has 0 aromatic carbocycles. The lowest BCUT2D eigenvalue weighted by atomic mass is 9.73. The molecule has 0 aromatic rings. The smallest absolute Gasteiger partial charge is 0.223 e. The third kappa shape index (κ3) is 2.45. The highest BCUT2D eigenvalue weighted by atomic mass is 16.1. The zero-order valence-electron chi connectivity index (χ0n) is 8.97. The van der Waals surface area contributed by atoms with Gasteiger partial charge in [-0.15, -0.1) is 0 Å². The summed E-state index contributed by atoms with van der Waals surface area (Å²) >= 11 is 0. The third-order valence-electron chi connectivity index (χ3n) is 3.26. The fraction of sp³-hybridized carbons (Fsp3) is 0.909. The molecule has 13 heavy (non-hydrogen) atoms. The van der Waals surface area contributed by atoms with E-state index in [2.05, 4.69) is 19.2 Å². The van der Waals surface area contributed by atoms with Crippen LogP contribution in [0.15, 0.2) is 0 Å². The van der Waals surface area contributed by atoms with E-state index in [4.69, 9.17) is 0 Å². The van der Waals surface area contributed by atoms with Crippen molar-refractivity contribution in [3.63, 3.8) is 0 Å². The van der Waals surface area contributed by atoms with Crippen molar-refractivity contribution in [1.82, 2.24) is 5.32 Å². The topological polar surface area (TPSA) is 29.1 Å². The Morgan fingerprint density at radius 1 is 1.31 bits per heavy atom. The minimum atomic E-state index is 0.249. The average Bonchev–Trinajstić information content (AvgIpc) is 2.16. The molecule has 2 atom stereocenters. The van der Waals surface area contributed by atoms with E-state index in [1.807, 2.05) is 0 Å². The van der Waals surface area contributed by atoms with Gasteiger partial charge in [0, 0.05) is 13.0 Å². The molecule has 0 saturated heterocycles. The second kappa shape index (κ2) is 4.64. The zero-order chi connectivity index (χ0) is 9.84. The number of nitrogens with one attached hydrogen (secondary N) is 1. The van der Waals surface area contributed by atoms with Crippen LogP contribution in [-0.2, 0) is 4.79 Å². The average molecular weight is 183 g/mol. The first-order chi connectivity index (χ1) is 6.16. The Bertz CT molecular complexity index is 177. The normalized spacial score (nSPS) is 28.9. The number of carbonyl (C=O) groups is 1. The molecule has 1 saturated carbocycles. The van der Waals surface area contributed by atoms with Crippen molar-refractivity contribution in [3.05, 3.63) is 0 Å². The molecule has 0 spiro atoms. The second-order valence-corrected chi connectivity index (χ2v) is 4.41. The summed E-state index contributed by atoms with van der Waals surface area (Å²) in [5.41, 5.74) is 0. The SMILES string of the molecule is CNC(=O)C1CCCCC1C(C)C. The van der Waals surface area contributed by atoms with Crippen LogP contribution >= 0.6 is 0 Å². The van der Waals surface area contributed by atoms with E-state index >= 15 is 0 Å². The number of carbonyl (C=O) groups excluding carboxylic acids is 1.